The van der Waals surface area contributed by atoms with Gasteiger partial charge in [-0.3, -0.25) is 10.1 Å². The van der Waals surface area contributed by atoms with Crippen molar-refractivity contribution in [1.29, 1.82) is 0 Å². The van der Waals surface area contributed by atoms with Gasteiger partial charge in [0.15, 0.2) is 5.13 Å². The molecule has 0 aliphatic carbocycles. The first-order chi connectivity index (χ1) is 12.6. The van der Waals surface area contributed by atoms with Crippen LogP contribution in [0.1, 0.15) is 21.6 Å². The highest BCUT2D eigenvalue weighted by molar-refractivity contribution is 7.13. The van der Waals surface area contributed by atoms with E-state index in [0.29, 0.717) is 10.7 Å². The second-order valence-corrected chi connectivity index (χ2v) is 7.05. The number of benzene rings is 2. The van der Waals surface area contributed by atoms with E-state index in [0.717, 1.165) is 33.4 Å². The Morgan fingerprint density at radius 1 is 1.00 bits per heavy atom. The Hall–Kier alpha value is -3.05. The maximum Gasteiger partial charge on any atom is 0.258 e. The van der Waals surface area contributed by atoms with Gasteiger partial charge in [-0.15, -0.1) is 11.3 Å². The number of pyridine rings is 1. The van der Waals surface area contributed by atoms with E-state index in [4.69, 9.17) is 4.98 Å². The molecule has 0 radical (unpaired) electrons. The van der Waals surface area contributed by atoms with Crippen molar-refractivity contribution in [3.05, 3.63) is 76.8 Å². The minimum atomic E-state index is -0.174. The zero-order valence-corrected chi connectivity index (χ0v) is 15.3. The Morgan fingerprint density at radius 3 is 2.62 bits per heavy atom. The van der Waals surface area contributed by atoms with E-state index in [1.54, 1.807) is 0 Å². The standard InChI is InChI=1S/C21H17N3OS/c1-13-6-5-7-15(10-13)19-11-17(16-8-3-4-9-18(16)23-19)20(25)24-21-22-14(2)12-26-21/h3-12H,1-2H3,(H,22,24,25). The third-order valence-electron chi connectivity index (χ3n) is 4.11. The van der Waals surface area contributed by atoms with Crippen molar-refractivity contribution in [2.24, 2.45) is 0 Å². The normalized spacial score (nSPS) is 10.8. The van der Waals surface area contributed by atoms with Crippen LogP contribution >= 0.6 is 11.3 Å². The Morgan fingerprint density at radius 2 is 1.85 bits per heavy atom. The van der Waals surface area contributed by atoms with E-state index in [2.05, 4.69) is 16.4 Å². The first kappa shape index (κ1) is 16.4. The Balaban J connectivity index is 1.83. The highest BCUT2D eigenvalue weighted by Gasteiger charge is 2.15. The molecule has 26 heavy (non-hydrogen) atoms. The minimum Gasteiger partial charge on any atom is -0.298 e. The third kappa shape index (κ3) is 3.21. The number of thiazole rings is 1. The topological polar surface area (TPSA) is 54.9 Å². The molecule has 0 saturated heterocycles. The lowest BCUT2D eigenvalue weighted by Crippen LogP contribution is -2.13. The van der Waals surface area contributed by atoms with E-state index in [9.17, 15) is 4.79 Å². The minimum absolute atomic E-state index is 0.174. The van der Waals surface area contributed by atoms with Crippen LogP contribution in [0.25, 0.3) is 22.2 Å². The highest BCUT2D eigenvalue weighted by Crippen LogP contribution is 2.26. The van der Waals surface area contributed by atoms with Crippen LogP contribution in [0.4, 0.5) is 5.13 Å². The number of para-hydroxylation sites is 1. The maximum absolute atomic E-state index is 12.9. The smallest absolute Gasteiger partial charge is 0.258 e. The summed E-state index contributed by atoms with van der Waals surface area (Å²) >= 11 is 1.42. The molecule has 0 unspecified atom stereocenters. The van der Waals surface area contributed by atoms with Crippen LogP contribution in [0.5, 0.6) is 0 Å². The lowest BCUT2D eigenvalue weighted by molar-refractivity contribution is 0.102. The zero-order valence-electron chi connectivity index (χ0n) is 14.5. The number of fused-ring (bicyclic) bond motifs is 1. The Labute approximate surface area is 155 Å². The van der Waals surface area contributed by atoms with Crippen LogP contribution in [0.15, 0.2) is 60.0 Å². The lowest BCUT2D eigenvalue weighted by atomic mass is 10.0. The van der Waals surface area contributed by atoms with E-state index >= 15 is 0 Å². The second-order valence-electron chi connectivity index (χ2n) is 6.19. The van der Waals surface area contributed by atoms with Crippen molar-refractivity contribution >= 4 is 33.3 Å². The number of hydrogen-bond acceptors (Lipinski definition) is 4. The second kappa shape index (κ2) is 6.69. The van der Waals surface area contributed by atoms with Crippen molar-refractivity contribution < 1.29 is 4.79 Å². The number of aryl methyl sites for hydroxylation is 2. The molecule has 0 spiro atoms. The van der Waals surface area contributed by atoms with Gasteiger partial charge in [-0.25, -0.2) is 9.97 Å². The van der Waals surface area contributed by atoms with Gasteiger partial charge in [0.1, 0.15) is 0 Å². The molecule has 2 heterocycles. The van der Waals surface area contributed by atoms with Gasteiger partial charge in [0.05, 0.1) is 22.5 Å². The van der Waals surface area contributed by atoms with Crippen LogP contribution in [-0.4, -0.2) is 15.9 Å². The molecule has 2 aromatic carbocycles. The number of aromatic nitrogens is 2. The van der Waals surface area contributed by atoms with Crippen LogP contribution in [0.2, 0.25) is 0 Å². The lowest BCUT2D eigenvalue weighted by Gasteiger charge is -2.10. The van der Waals surface area contributed by atoms with Crippen LogP contribution in [0, 0.1) is 13.8 Å². The summed E-state index contributed by atoms with van der Waals surface area (Å²) < 4.78 is 0. The number of hydrogen-bond donors (Lipinski definition) is 1. The molecule has 0 aliphatic heterocycles. The number of anilines is 1. The van der Waals surface area contributed by atoms with Crippen molar-refractivity contribution in [2.45, 2.75) is 13.8 Å². The van der Waals surface area contributed by atoms with Crippen LogP contribution in [0.3, 0.4) is 0 Å². The highest BCUT2D eigenvalue weighted by atomic mass is 32.1. The summed E-state index contributed by atoms with van der Waals surface area (Å²) in [4.78, 5) is 22.0. The van der Waals surface area contributed by atoms with E-state index < -0.39 is 0 Å². The molecule has 4 aromatic rings. The predicted molar refractivity (Wildman–Crippen MR) is 107 cm³/mol. The number of rotatable bonds is 3. The van der Waals surface area contributed by atoms with E-state index in [1.165, 1.54) is 11.3 Å². The maximum atomic E-state index is 12.9. The molecule has 0 aliphatic rings. The Kier molecular flexibility index (Phi) is 4.22. The molecule has 2 aromatic heterocycles. The van der Waals surface area contributed by atoms with Gasteiger partial charge in [0.2, 0.25) is 0 Å². The summed E-state index contributed by atoms with van der Waals surface area (Å²) in [6, 6.07) is 17.7. The van der Waals surface area contributed by atoms with Gasteiger partial charge in [-0.1, -0.05) is 42.0 Å². The molecule has 0 atom stereocenters. The van der Waals surface area contributed by atoms with Gasteiger partial charge in [-0.05, 0) is 32.0 Å². The largest absolute Gasteiger partial charge is 0.298 e. The third-order valence-corrected chi connectivity index (χ3v) is 4.99. The summed E-state index contributed by atoms with van der Waals surface area (Å²) in [5.74, 6) is -0.174. The molecule has 4 rings (SSSR count). The van der Waals surface area contributed by atoms with Crippen molar-refractivity contribution in [3.8, 4) is 11.3 Å². The van der Waals surface area contributed by atoms with Crippen molar-refractivity contribution in [1.82, 2.24) is 9.97 Å². The number of carbonyl (C=O) groups excluding carboxylic acids is 1. The molecule has 128 valence electrons. The SMILES string of the molecule is Cc1cccc(-c2cc(C(=O)Nc3nc(C)cs3)c3ccccc3n2)c1. The fourth-order valence-electron chi connectivity index (χ4n) is 2.89. The summed E-state index contributed by atoms with van der Waals surface area (Å²) in [6.45, 7) is 3.95. The fraction of sp³-hybridized carbons (Fsp3) is 0.0952. The molecule has 4 nitrogen and oxygen atoms in total. The van der Waals surface area contributed by atoms with Crippen LogP contribution < -0.4 is 5.32 Å². The van der Waals surface area contributed by atoms with Gasteiger partial charge < -0.3 is 0 Å². The number of nitrogens with zero attached hydrogens (tertiary/aromatic N) is 2. The predicted octanol–water partition coefficient (Wildman–Crippen LogP) is 5.23. The van der Waals surface area contributed by atoms with E-state index in [1.807, 2.05) is 67.8 Å². The van der Waals surface area contributed by atoms with Gasteiger partial charge in [0, 0.05) is 16.3 Å². The first-order valence-corrected chi connectivity index (χ1v) is 9.18. The average Bonchev–Trinajstić information content (AvgIpc) is 3.05. The van der Waals surface area contributed by atoms with Gasteiger partial charge in [-0.2, -0.15) is 0 Å². The first-order valence-electron chi connectivity index (χ1n) is 8.30. The summed E-state index contributed by atoms with van der Waals surface area (Å²) in [5.41, 5.74) is 5.22. The molecule has 0 fully saturated rings. The Bertz CT molecular complexity index is 1120. The molecule has 5 heteroatoms. The van der Waals surface area contributed by atoms with Crippen molar-refractivity contribution in [3.63, 3.8) is 0 Å². The average molecular weight is 359 g/mol. The zero-order chi connectivity index (χ0) is 18.1. The van der Waals surface area contributed by atoms with Crippen LogP contribution in [-0.2, 0) is 0 Å². The fourth-order valence-corrected chi connectivity index (χ4v) is 3.57. The molecular formula is C21H17N3OS. The quantitative estimate of drug-likeness (QED) is 0.545. The summed E-state index contributed by atoms with van der Waals surface area (Å²) in [7, 11) is 0. The van der Waals surface area contributed by atoms with Gasteiger partial charge >= 0.3 is 0 Å². The van der Waals surface area contributed by atoms with E-state index in [-0.39, 0.29) is 5.91 Å². The molecular weight excluding hydrogens is 342 g/mol. The van der Waals surface area contributed by atoms with Gasteiger partial charge in [0.25, 0.3) is 5.91 Å². The number of amides is 1. The summed E-state index contributed by atoms with van der Waals surface area (Å²) in [6.07, 6.45) is 0. The van der Waals surface area contributed by atoms with Crippen molar-refractivity contribution in [2.75, 3.05) is 5.32 Å². The number of carbonyl (C=O) groups is 1. The molecule has 1 amide bonds. The monoisotopic (exact) mass is 359 g/mol. The molecule has 0 bridgehead atoms. The molecule has 0 saturated carbocycles. The summed E-state index contributed by atoms with van der Waals surface area (Å²) in [5, 5.41) is 6.25. The molecule has 1 N–H and O–H groups in total. The number of nitrogens with one attached hydrogen (secondary N) is 1.